The standard InChI is InChI=1S/C26H33N5O3/c1-19-8-9-21(16-20(19)2)28-24(32)17-23-26(34)27-10-11-31(23)25(33)18-29-12-14-30(15-13-29)22-6-4-3-5-7-22/h3-9,16,23H,10-15,17-18H2,1-2H3,(H,27,34)(H,28,32)/t23-/m1/s1. The molecule has 0 aliphatic carbocycles. The highest BCUT2D eigenvalue weighted by molar-refractivity contribution is 5.97. The number of para-hydroxylation sites is 1. The number of carbonyl (C=O) groups is 3. The van der Waals surface area contributed by atoms with Gasteiger partial charge in [-0.25, -0.2) is 0 Å². The van der Waals surface area contributed by atoms with Gasteiger partial charge in [-0.3, -0.25) is 19.3 Å². The van der Waals surface area contributed by atoms with Gasteiger partial charge in [-0.05, 0) is 49.2 Å². The van der Waals surface area contributed by atoms with E-state index >= 15 is 0 Å². The summed E-state index contributed by atoms with van der Waals surface area (Å²) < 4.78 is 0. The van der Waals surface area contributed by atoms with Crippen molar-refractivity contribution in [3.8, 4) is 0 Å². The lowest BCUT2D eigenvalue weighted by Gasteiger charge is -2.39. The number of hydrogen-bond donors (Lipinski definition) is 2. The lowest BCUT2D eigenvalue weighted by molar-refractivity contribution is -0.145. The fraction of sp³-hybridized carbons (Fsp3) is 0.423. The van der Waals surface area contributed by atoms with E-state index in [1.807, 2.05) is 50.2 Å². The number of rotatable bonds is 6. The molecule has 0 radical (unpaired) electrons. The largest absolute Gasteiger partial charge is 0.369 e. The van der Waals surface area contributed by atoms with Gasteiger partial charge in [-0.1, -0.05) is 24.3 Å². The van der Waals surface area contributed by atoms with E-state index in [4.69, 9.17) is 0 Å². The summed E-state index contributed by atoms with van der Waals surface area (Å²) in [6.45, 7) is 8.32. The van der Waals surface area contributed by atoms with Crippen LogP contribution in [0.5, 0.6) is 0 Å². The van der Waals surface area contributed by atoms with Gasteiger partial charge < -0.3 is 20.4 Å². The molecule has 2 fully saturated rings. The molecule has 180 valence electrons. The first-order valence-electron chi connectivity index (χ1n) is 11.9. The molecular weight excluding hydrogens is 430 g/mol. The first kappa shape index (κ1) is 23.8. The molecule has 2 aliphatic rings. The van der Waals surface area contributed by atoms with Gasteiger partial charge in [0.2, 0.25) is 17.7 Å². The highest BCUT2D eigenvalue weighted by Gasteiger charge is 2.35. The van der Waals surface area contributed by atoms with Crippen molar-refractivity contribution in [3.05, 3.63) is 59.7 Å². The van der Waals surface area contributed by atoms with Crippen molar-refractivity contribution in [2.75, 3.05) is 56.0 Å². The van der Waals surface area contributed by atoms with E-state index in [0.29, 0.717) is 18.8 Å². The predicted molar refractivity (Wildman–Crippen MR) is 133 cm³/mol. The van der Waals surface area contributed by atoms with Crippen LogP contribution in [0, 0.1) is 13.8 Å². The number of nitrogens with one attached hydrogen (secondary N) is 2. The molecule has 0 spiro atoms. The highest BCUT2D eigenvalue weighted by Crippen LogP contribution is 2.18. The number of hydrogen-bond acceptors (Lipinski definition) is 5. The summed E-state index contributed by atoms with van der Waals surface area (Å²) >= 11 is 0. The van der Waals surface area contributed by atoms with E-state index in [-0.39, 0.29) is 30.7 Å². The van der Waals surface area contributed by atoms with E-state index < -0.39 is 6.04 Å². The van der Waals surface area contributed by atoms with Crippen LogP contribution >= 0.6 is 0 Å². The van der Waals surface area contributed by atoms with Crippen LogP contribution in [-0.2, 0) is 14.4 Å². The average molecular weight is 464 g/mol. The van der Waals surface area contributed by atoms with Gasteiger partial charge in [-0.2, -0.15) is 0 Å². The van der Waals surface area contributed by atoms with Crippen molar-refractivity contribution in [2.24, 2.45) is 0 Å². The molecule has 34 heavy (non-hydrogen) atoms. The van der Waals surface area contributed by atoms with Crippen LogP contribution < -0.4 is 15.5 Å². The minimum Gasteiger partial charge on any atom is -0.369 e. The van der Waals surface area contributed by atoms with Crippen molar-refractivity contribution >= 4 is 29.1 Å². The average Bonchev–Trinajstić information content (AvgIpc) is 2.83. The van der Waals surface area contributed by atoms with Gasteiger partial charge in [0.1, 0.15) is 6.04 Å². The molecule has 8 nitrogen and oxygen atoms in total. The summed E-state index contributed by atoms with van der Waals surface area (Å²) in [7, 11) is 0. The maximum Gasteiger partial charge on any atom is 0.243 e. The Balaban J connectivity index is 1.33. The Hall–Kier alpha value is -3.39. The van der Waals surface area contributed by atoms with Crippen molar-refractivity contribution in [1.82, 2.24) is 15.1 Å². The summed E-state index contributed by atoms with van der Waals surface area (Å²) in [6, 6.07) is 15.2. The van der Waals surface area contributed by atoms with Crippen molar-refractivity contribution in [1.29, 1.82) is 0 Å². The van der Waals surface area contributed by atoms with Gasteiger partial charge in [0, 0.05) is 50.6 Å². The Kier molecular flexibility index (Phi) is 7.47. The molecule has 0 aromatic heterocycles. The van der Waals surface area contributed by atoms with Crippen LogP contribution in [0.4, 0.5) is 11.4 Å². The summed E-state index contributed by atoms with van der Waals surface area (Å²) in [5.41, 5.74) is 4.11. The second-order valence-corrected chi connectivity index (χ2v) is 9.04. The molecule has 2 aromatic carbocycles. The first-order chi connectivity index (χ1) is 16.4. The Morgan fingerprint density at radius 3 is 2.41 bits per heavy atom. The lowest BCUT2D eigenvalue weighted by Crippen LogP contribution is -2.60. The number of anilines is 2. The lowest BCUT2D eigenvalue weighted by atomic mass is 10.1. The van der Waals surface area contributed by atoms with Crippen LogP contribution in [0.15, 0.2) is 48.5 Å². The molecule has 0 unspecified atom stereocenters. The van der Waals surface area contributed by atoms with Crippen LogP contribution in [0.25, 0.3) is 0 Å². The molecule has 2 aliphatic heterocycles. The normalized spacial score (nSPS) is 19.0. The molecule has 4 rings (SSSR count). The summed E-state index contributed by atoms with van der Waals surface area (Å²) in [5, 5.41) is 5.66. The van der Waals surface area contributed by atoms with Gasteiger partial charge in [0.25, 0.3) is 0 Å². The topological polar surface area (TPSA) is 85.0 Å². The van der Waals surface area contributed by atoms with Crippen LogP contribution in [0.2, 0.25) is 0 Å². The van der Waals surface area contributed by atoms with Crippen LogP contribution in [-0.4, -0.2) is 79.4 Å². The minimum absolute atomic E-state index is 0.0632. The van der Waals surface area contributed by atoms with Gasteiger partial charge in [0.05, 0.1) is 13.0 Å². The third-order valence-corrected chi connectivity index (χ3v) is 6.67. The number of amides is 3. The summed E-state index contributed by atoms with van der Waals surface area (Å²) in [5.74, 6) is -0.657. The second-order valence-electron chi connectivity index (χ2n) is 9.04. The Labute approximate surface area is 200 Å². The van der Waals surface area contributed by atoms with Crippen molar-refractivity contribution in [3.63, 3.8) is 0 Å². The Morgan fingerprint density at radius 2 is 1.71 bits per heavy atom. The number of carbonyl (C=O) groups excluding carboxylic acids is 3. The predicted octanol–water partition coefficient (Wildman–Crippen LogP) is 1.78. The second kappa shape index (κ2) is 10.7. The van der Waals surface area contributed by atoms with Crippen molar-refractivity contribution < 1.29 is 14.4 Å². The molecule has 2 heterocycles. The van der Waals surface area contributed by atoms with E-state index in [1.54, 1.807) is 4.90 Å². The summed E-state index contributed by atoms with van der Waals surface area (Å²) in [4.78, 5) is 44.5. The molecule has 1 atom stereocenters. The molecule has 2 saturated heterocycles. The molecule has 0 saturated carbocycles. The molecule has 0 bridgehead atoms. The Bertz CT molecular complexity index is 1030. The maximum absolute atomic E-state index is 13.2. The highest BCUT2D eigenvalue weighted by atomic mass is 16.2. The van der Waals surface area contributed by atoms with Crippen LogP contribution in [0.3, 0.4) is 0 Å². The number of piperazine rings is 2. The third kappa shape index (κ3) is 5.75. The maximum atomic E-state index is 13.2. The minimum atomic E-state index is -0.793. The van der Waals surface area contributed by atoms with E-state index in [0.717, 1.165) is 37.3 Å². The van der Waals surface area contributed by atoms with Crippen LogP contribution in [0.1, 0.15) is 17.5 Å². The fourth-order valence-electron chi connectivity index (χ4n) is 4.51. The quantitative estimate of drug-likeness (QED) is 0.682. The zero-order valence-electron chi connectivity index (χ0n) is 19.9. The molecule has 3 amide bonds. The summed E-state index contributed by atoms with van der Waals surface area (Å²) in [6.07, 6.45) is -0.0632. The van der Waals surface area contributed by atoms with Gasteiger partial charge in [-0.15, -0.1) is 0 Å². The van der Waals surface area contributed by atoms with Crippen molar-refractivity contribution in [2.45, 2.75) is 26.3 Å². The number of nitrogens with zero attached hydrogens (tertiary/aromatic N) is 3. The third-order valence-electron chi connectivity index (χ3n) is 6.67. The monoisotopic (exact) mass is 463 g/mol. The van der Waals surface area contributed by atoms with E-state index in [2.05, 4.69) is 32.6 Å². The van der Waals surface area contributed by atoms with E-state index in [1.165, 1.54) is 5.69 Å². The molecule has 2 N–H and O–H groups in total. The zero-order chi connectivity index (χ0) is 24.1. The smallest absolute Gasteiger partial charge is 0.243 e. The molecule has 2 aromatic rings. The first-order valence-corrected chi connectivity index (χ1v) is 11.9. The fourth-order valence-corrected chi connectivity index (χ4v) is 4.51. The Morgan fingerprint density at radius 1 is 0.971 bits per heavy atom. The number of benzene rings is 2. The van der Waals surface area contributed by atoms with Gasteiger partial charge >= 0.3 is 0 Å². The number of aryl methyl sites for hydroxylation is 2. The molecule has 8 heteroatoms. The molecular formula is C26H33N5O3. The van der Waals surface area contributed by atoms with Gasteiger partial charge in [0.15, 0.2) is 0 Å². The SMILES string of the molecule is Cc1ccc(NC(=O)C[C@@H]2C(=O)NCCN2C(=O)CN2CCN(c3ccccc3)CC2)cc1C. The van der Waals surface area contributed by atoms with E-state index in [9.17, 15) is 14.4 Å². The zero-order valence-corrected chi connectivity index (χ0v) is 19.9.